The third kappa shape index (κ3) is 2.95. The highest BCUT2D eigenvalue weighted by molar-refractivity contribution is 9.10. The van der Waals surface area contributed by atoms with Gasteiger partial charge in [-0.3, -0.25) is 4.79 Å². The fraction of sp³-hybridized carbons (Fsp3) is 0.0667. The normalized spacial score (nSPS) is 11.0. The Hall–Kier alpha value is -1.96. The molecule has 0 saturated heterocycles. The molecular weight excluding hydrogens is 389 g/mol. The van der Waals surface area contributed by atoms with Gasteiger partial charge in [0.05, 0.1) is 28.2 Å². The maximum atomic E-state index is 14.7. The van der Waals surface area contributed by atoms with Crippen molar-refractivity contribution in [2.24, 2.45) is 0 Å². The Bertz CT molecular complexity index is 913. The number of nitrogens with one attached hydrogen (secondary N) is 2. The third-order valence-corrected chi connectivity index (χ3v) is 4.10. The minimum absolute atomic E-state index is 0.0146. The highest BCUT2D eigenvalue weighted by Crippen LogP contribution is 2.33. The maximum Gasteiger partial charge on any atom is 0.190 e. The van der Waals surface area contributed by atoms with Gasteiger partial charge in [0.2, 0.25) is 0 Å². The average molecular weight is 399 g/mol. The van der Waals surface area contributed by atoms with Crippen LogP contribution in [-0.2, 0) is 0 Å². The lowest BCUT2D eigenvalue weighted by Crippen LogP contribution is -2.10. The molecule has 0 aliphatic heterocycles. The number of carbonyl (C=O) groups excluding carboxylic acids is 1. The van der Waals surface area contributed by atoms with E-state index in [2.05, 4.69) is 31.2 Å². The van der Waals surface area contributed by atoms with Crippen LogP contribution in [0, 0.1) is 5.82 Å². The van der Waals surface area contributed by atoms with Crippen LogP contribution in [0.4, 0.5) is 15.8 Å². The molecule has 0 aliphatic rings. The number of carbonyl (C=O) groups is 1. The Morgan fingerprint density at radius 2 is 2.22 bits per heavy atom. The monoisotopic (exact) mass is 397 g/mol. The number of imidazole rings is 1. The lowest BCUT2D eigenvalue weighted by molar-refractivity contribution is 0.0904. The van der Waals surface area contributed by atoms with Gasteiger partial charge in [0, 0.05) is 10.0 Å². The summed E-state index contributed by atoms with van der Waals surface area (Å²) in [6, 6.07) is 6.46. The summed E-state index contributed by atoms with van der Waals surface area (Å²) < 4.78 is 15.5. The predicted octanol–water partition coefficient (Wildman–Crippen LogP) is 4.04. The van der Waals surface area contributed by atoms with E-state index < -0.39 is 18.2 Å². The van der Waals surface area contributed by atoms with Crippen LogP contribution in [0.25, 0.3) is 11.0 Å². The van der Waals surface area contributed by atoms with E-state index in [0.29, 0.717) is 16.2 Å². The number of Topliss-reactive ketones (excluding diaryl/α,β-unsaturated/α-hetero) is 1. The van der Waals surface area contributed by atoms with Gasteiger partial charge in [-0.1, -0.05) is 27.5 Å². The Balaban J connectivity index is 2.17. The van der Waals surface area contributed by atoms with Crippen LogP contribution in [0.15, 0.2) is 35.1 Å². The third-order valence-electron chi connectivity index (χ3n) is 3.29. The minimum atomic E-state index is -0.734. The second-order valence-electron chi connectivity index (χ2n) is 4.74. The van der Waals surface area contributed by atoms with Gasteiger partial charge in [0.1, 0.15) is 12.1 Å². The van der Waals surface area contributed by atoms with E-state index in [1.54, 1.807) is 18.2 Å². The molecule has 8 heteroatoms. The first kappa shape index (κ1) is 15.9. The standard InChI is InChI=1S/C15H10BrClFN3O2/c16-7-1-2-10(9(17)3-7)21-14-8(12(23)5-22)4-11-15(13(14)18)20-6-19-11/h1-4,6,21-22H,5H2,(H,19,20). The summed E-state index contributed by atoms with van der Waals surface area (Å²) in [4.78, 5) is 18.6. The van der Waals surface area contributed by atoms with Gasteiger partial charge in [-0.2, -0.15) is 0 Å². The lowest BCUT2D eigenvalue weighted by Gasteiger charge is -2.14. The van der Waals surface area contributed by atoms with Gasteiger partial charge in [-0.15, -0.1) is 0 Å². The largest absolute Gasteiger partial charge is 0.388 e. The molecular formula is C15H10BrClFN3O2. The van der Waals surface area contributed by atoms with Gasteiger partial charge in [0.25, 0.3) is 0 Å². The molecule has 2 aromatic carbocycles. The summed E-state index contributed by atoms with van der Waals surface area (Å²) in [7, 11) is 0. The van der Waals surface area contributed by atoms with Gasteiger partial charge in [0.15, 0.2) is 11.6 Å². The molecule has 23 heavy (non-hydrogen) atoms. The molecule has 1 heterocycles. The quantitative estimate of drug-likeness (QED) is 0.580. The molecule has 0 bridgehead atoms. The van der Waals surface area contributed by atoms with Crippen LogP contribution in [-0.4, -0.2) is 27.5 Å². The molecule has 0 amide bonds. The summed E-state index contributed by atoms with van der Waals surface area (Å²) in [6.45, 7) is -0.734. The zero-order valence-corrected chi connectivity index (χ0v) is 13.9. The molecule has 0 atom stereocenters. The van der Waals surface area contributed by atoms with Crippen LogP contribution in [0.2, 0.25) is 5.02 Å². The Morgan fingerprint density at radius 1 is 1.43 bits per heavy atom. The van der Waals surface area contributed by atoms with Crippen molar-refractivity contribution in [2.45, 2.75) is 0 Å². The maximum absolute atomic E-state index is 14.7. The van der Waals surface area contributed by atoms with Crippen molar-refractivity contribution >= 4 is 55.7 Å². The van der Waals surface area contributed by atoms with E-state index in [4.69, 9.17) is 16.7 Å². The highest BCUT2D eigenvalue weighted by Gasteiger charge is 2.20. The topological polar surface area (TPSA) is 78.0 Å². The van der Waals surface area contributed by atoms with Crippen LogP contribution < -0.4 is 5.32 Å². The first-order valence-corrected chi connectivity index (χ1v) is 7.70. The fourth-order valence-electron chi connectivity index (χ4n) is 2.20. The van der Waals surface area contributed by atoms with Gasteiger partial charge >= 0.3 is 0 Å². The molecule has 3 rings (SSSR count). The van der Waals surface area contributed by atoms with E-state index >= 15 is 0 Å². The summed E-state index contributed by atoms with van der Waals surface area (Å²) in [5, 5.41) is 12.3. The number of benzene rings is 2. The number of nitrogens with zero attached hydrogens (tertiary/aromatic N) is 1. The van der Waals surface area contributed by atoms with Crippen molar-refractivity contribution < 1.29 is 14.3 Å². The zero-order valence-electron chi connectivity index (χ0n) is 11.5. The number of hydrogen-bond acceptors (Lipinski definition) is 4. The second-order valence-corrected chi connectivity index (χ2v) is 6.07. The van der Waals surface area contributed by atoms with Crippen molar-refractivity contribution in [3.8, 4) is 0 Å². The second kappa shape index (κ2) is 6.27. The lowest BCUT2D eigenvalue weighted by atomic mass is 10.1. The number of aromatic amines is 1. The van der Waals surface area contributed by atoms with E-state index in [-0.39, 0.29) is 16.8 Å². The molecule has 0 fully saturated rings. The molecule has 118 valence electrons. The van der Waals surface area contributed by atoms with Gasteiger partial charge in [-0.05, 0) is 24.3 Å². The van der Waals surface area contributed by atoms with Crippen molar-refractivity contribution in [2.75, 3.05) is 11.9 Å². The number of aliphatic hydroxyl groups excluding tert-OH is 1. The van der Waals surface area contributed by atoms with Gasteiger partial charge in [-0.25, -0.2) is 9.37 Å². The molecule has 5 nitrogen and oxygen atoms in total. The number of hydrogen-bond donors (Lipinski definition) is 3. The molecule has 1 aromatic heterocycles. The van der Waals surface area contributed by atoms with Crippen LogP contribution in [0.1, 0.15) is 10.4 Å². The minimum Gasteiger partial charge on any atom is -0.388 e. The van der Waals surface area contributed by atoms with Crippen LogP contribution >= 0.6 is 27.5 Å². The first-order chi connectivity index (χ1) is 11.0. The Kier molecular flexibility index (Phi) is 4.34. The highest BCUT2D eigenvalue weighted by atomic mass is 79.9. The molecule has 3 N–H and O–H groups in total. The summed E-state index contributed by atoms with van der Waals surface area (Å²) in [5.74, 6) is -1.31. The van der Waals surface area contributed by atoms with E-state index in [1.165, 1.54) is 12.4 Å². The summed E-state index contributed by atoms with van der Waals surface area (Å²) >= 11 is 9.41. The smallest absolute Gasteiger partial charge is 0.190 e. The van der Waals surface area contributed by atoms with E-state index in [9.17, 15) is 9.18 Å². The van der Waals surface area contributed by atoms with E-state index in [1.807, 2.05) is 0 Å². The molecule has 0 aliphatic carbocycles. The molecule has 3 aromatic rings. The number of halogens is 3. The fourth-order valence-corrected chi connectivity index (χ4v) is 2.92. The van der Waals surface area contributed by atoms with Crippen molar-refractivity contribution in [3.05, 3.63) is 51.5 Å². The first-order valence-electron chi connectivity index (χ1n) is 6.53. The number of aromatic nitrogens is 2. The van der Waals surface area contributed by atoms with Gasteiger partial charge < -0.3 is 15.4 Å². The number of anilines is 2. The summed E-state index contributed by atoms with van der Waals surface area (Å²) in [5.41, 5.74) is 0.825. The van der Waals surface area contributed by atoms with Crippen LogP contribution in [0.3, 0.4) is 0 Å². The van der Waals surface area contributed by atoms with Crippen molar-refractivity contribution in [3.63, 3.8) is 0 Å². The molecule has 0 unspecified atom stereocenters. The van der Waals surface area contributed by atoms with Crippen LogP contribution in [0.5, 0.6) is 0 Å². The summed E-state index contributed by atoms with van der Waals surface area (Å²) in [6.07, 6.45) is 1.33. The number of aliphatic hydroxyl groups is 1. The number of fused-ring (bicyclic) bond motifs is 1. The SMILES string of the molecule is O=C(CO)c1cc2[nH]cnc2c(F)c1Nc1ccc(Br)cc1Cl. The zero-order chi connectivity index (χ0) is 16.6. The number of H-pyrrole nitrogens is 1. The van der Waals surface area contributed by atoms with E-state index in [0.717, 1.165) is 4.47 Å². The molecule has 0 radical (unpaired) electrons. The van der Waals surface area contributed by atoms with Crippen molar-refractivity contribution in [1.29, 1.82) is 0 Å². The number of rotatable bonds is 4. The average Bonchev–Trinajstić information content (AvgIpc) is 3.00. The molecule has 0 spiro atoms. The molecule has 0 saturated carbocycles. The van der Waals surface area contributed by atoms with Crippen molar-refractivity contribution in [1.82, 2.24) is 9.97 Å². The predicted molar refractivity (Wildman–Crippen MR) is 89.9 cm³/mol. The Labute approximate surface area is 143 Å². The number of ketones is 1. The Morgan fingerprint density at radius 3 is 2.91 bits per heavy atom.